The molecule has 1 atom stereocenters. The van der Waals surface area contributed by atoms with E-state index in [1.165, 1.54) is 5.56 Å². The number of hydrogen-bond donors (Lipinski definition) is 1. The van der Waals surface area contributed by atoms with E-state index in [1.54, 1.807) is 7.11 Å². The summed E-state index contributed by atoms with van der Waals surface area (Å²) in [6.45, 7) is 4.68. The molecule has 0 fully saturated rings. The minimum Gasteiger partial charge on any atom is -0.497 e. The predicted octanol–water partition coefficient (Wildman–Crippen LogP) is 2.37. The van der Waals surface area contributed by atoms with Gasteiger partial charge in [-0.15, -0.1) is 5.92 Å². The van der Waals surface area contributed by atoms with Crippen molar-refractivity contribution in [3.63, 3.8) is 0 Å². The molecule has 15 heavy (non-hydrogen) atoms. The molecular weight excluding hydrogens is 186 g/mol. The van der Waals surface area contributed by atoms with E-state index in [4.69, 9.17) is 4.74 Å². The third-order valence-corrected chi connectivity index (χ3v) is 2.27. The highest BCUT2D eigenvalue weighted by Crippen LogP contribution is 2.18. The van der Waals surface area contributed by atoms with Crippen LogP contribution in [-0.2, 0) is 0 Å². The topological polar surface area (TPSA) is 21.3 Å². The summed E-state index contributed by atoms with van der Waals surface area (Å²) >= 11 is 0. The van der Waals surface area contributed by atoms with Gasteiger partial charge in [0.2, 0.25) is 0 Å². The van der Waals surface area contributed by atoms with E-state index in [-0.39, 0.29) is 0 Å². The first-order chi connectivity index (χ1) is 7.27. The van der Waals surface area contributed by atoms with Gasteiger partial charge >= 0.3 is 0 Å². The number of rotatable bonds is 4. The molecule has 0 unspecified atom stereocenters. The highest BCUT2D eigenvalue weighted by Gasteiger charge is 2.04. The Morgan fingerprint density at radius 3 is 2.93 bits per heavy atom. The number of nitrogens with one attached hydrogen (secondary N) is 1. The first-order valence-corrected chi connectivity index (χ1v) is 5.05. The summed E-state index contributed by atoms with van der Waals surface area (Å²) in [5.74, 6) is 6.74. The lowest BCUT2D eigenvalue weighted by Crippen LogP contribution is -2.18. The molecule has 0 saturated heterocycles. The van der Waals surface area contributed by atoms with Crippen LogP contribution in [0.3, 0.4) is 0 Å². The second-order valence-corrected chi connectivity index (χ2v) is 3.31. The second-order valence-electron chi connectivity index (χ2n) is 3.31. The van der Waals surface area contributed by atoms with E-state index < -0.39 is 0 Å². The monoisotopic (exact) mass is 203 g/mol. The van der Waals surface area contributed by atoms with Gasteiger partial charge < -0.3 is 4.74 Å². The van der Waals surface area contributed by atoms with Gasteiger partial charge in [0.15, 0.2) is 0 Å². The molecule has 2 nitrogen and oxygen atoms in total. The zero-order valence-electron chi connectivity index (χ0n) is 9.50. The summed E-state index contributed by atoms with van der Waals surface area (Å²) in [7, 11) is 1.68. The van der Waals surface area contributed by atoms with Crippen LogP contribution in [0.25, 0.3) is 0 Å². The molecule has 1 aromatic carbocycles. The number of methoxy groups -OCH3 is 1. The molecule has 1 aromatic rings. The van der Waals surface area contributed by atoms with E-state index in [2.05, 4.69) is 30.1 Å². The normalized spacial score (nSPS) is 11.4. The summed E-state index contributed by atoms with van der Waals surface area (Å²) in [6, 6.07) is 8.36. The van der Waals surface area contributed by atoms with Crippen molar-refractivity contribution >= 4 is 0 Å². The first kappa shape index (κ1) is 11.6. The van der Waals surface area contributed by atoms with Crippen molar-refractivity contribution in [3.05, 3.63) is 29.8 Å². The van der Waals surface area contributed by atoms with Crippen LogP contribution >= 0.6 is 0 Å². The molecule has 0 aliphatic carbocycles. The molecule has 1 N–H and O–H groups in total. The molecule has 0 aliphatic rings. The van der Waals surface area contributed by atoms with Gasteiger partial charge in [-0.25, -0.2) is 0 Å². The van der Waals surface area contributed by atoms with Gasteiger partial charge in [0, 0.05) is 6.04 Å². The lowest BCUT2D eigenvalue weighted by Gasteiger charge is -2.13. The van der Waals surface area contributed by atoms with Crippen molar-refractivity contribution in [2.24, 2.45) is 0 Å². The van der Waals surface area contributed by atoms with E-state index in [0.29, 0.717) is 6.04 Å². The second kappa shape index (κ2) is 6.10. The van der Waals surface area contributed by atoms with Crippen LogP contribution in [0.15, 0.2) is 24.3 Å². The third kappa shape index (κ3) is 3.65. The molecule has 1 rings (SSSR count). The number of ether oxygens (including phenoxy) is 1. The molecule has 2 heteroatoms. The lowest BCUT2D eigenvalue weighted by molar-refractivity contribution is 0.413. The maximum absolute atomic E-state index is 5.17. The fourth-order valence-corrected chi connectivity index (χ4v) is 1.32. The zero-order chi connectivity index (χ0) is 11.1. The molecular formula is C13H17NO. The van der Waals surface area contributed by atoms with Gasteiger partial charge in [-0.2, -0.15) is 0 Å². The number of hydrogen-bond acceptors (Lipinski definition) is 2. The van der Waals surface area contributed by atoms with Gasteiger partial charge in [0.05, 0.1) is 13.7 Å². The zero-order valence-corrected chi connectivity index (χ0v) is 9.50. The van der Waals surface area contributed by atoms with Crippen LogP contribution in [0.5, 0.6) is 5.75 Å². The van der Waals surface area contributed by atoms with Crippen LogP contribution in [0.4, 0.5) is 0 Å². The van der Waals surface area contributed by atoms with Crippen molar-refractivity contribution in [3.8, 4) is 17.6 Å². The van der Waals surface area contributed by atoms with Crippen molar-refractivity contribution < 1.29 is 4.74 Å². The van der Waals surface area contributed by atoms with E-state index >= 15 is 0 Å². The standard InChI is InChI=1S/C13H17NO/c1-4-5-9-14-11(2)12-7-6-8-13(10-12)15-3/h6-8,10-11,14H,9H2,1-3H3/t11-/m0/s1. The average Bonchev–Trinajstić information content (AvgIpc) is 2.29. The Morgan fingerprint density at radius 1 is 1.47 bits per heavy atom. The fourth-order valence-electron chi connectivity index (χ4n) is 1.32. The summed E-state index contributed by atoms with van der Waals surface area (Å²) in [5, 5.41) is 3.32. The summed E-state index contributed by atoms with van der Waals surface area (Å²) < 4.78 is 5.17. The van der Waals surface area contributed by atoms with Gasteiger partial charge in [-0.05, 0) is 31.5 Å². The van der Waals surface area contributed by atoms with Crippen molar-refractivity contribution in [2.45, 2.75) is 19.9 Å². The predicted molar refractivity (Wildman–Crippen MR) is 62.9 cm³/mol. The van der Waals surface area contributed by atoms with Crippen molar-refractivity contribution in [1.29, 1.82) is 0 Å². The molecule has 0 saturated carbocycles. The van der Waals surface area contributed by atoms with E-state index in [0.717, 1.165) is 12.3 Å². The van der Waals surface area contributed by atoms with Gasteiger partial charge in [-0.3, -0.25) is 5.32 Å². The largest absolute Gasteiger partial charge is 0.497 e. The highest BCUT2D eigenvalue weighted by molar-refractivity contribution is 5.30. The summed E-state index contributed by atoms with van der Waals surface area (Å²) in [6.07, 6.45) is 0. The Bertz CT molecular complexity index is 362. The molecule has 0 bridgehead atoms. The fraction of sp³-hybridized carbons (Fsp3) is 0.385. The molecule has 0 aliphatic heterocycles. The van der Waals surface area contributed by atoms with Gasteiger partial charge in [-0.1, -0.05) is 18.1 Å². The van der Waals surface area contributed by atoms with E-state index in [9.17, 15) is 0 Å². The highest BCUT2D eigenvalue weighted by atomic mass is 16.5. The molecule has 80 valence electrons. The molecule has 0 radical (unpaired) electrons. The number of benzene rings is 1. The summed E-state index contributed by atoms with van der Waals surface area (Å²) in [5.41, 5.74) is 1.22. The van der Waals surface area contributed by atoms with Crippen LogP contribution in [0.1, 0.15) is 25.5 Å². The van der Waals surface area contributed by atoms with Crippen molar-refractivity contribution in [2.75, 3.05) is 13.7 Å². The van der Waals surface area contributed by atoms with Gasteiger partial charge in [0.1, 0.15) is 5.75 Å². The Balaban J connectivity index is 2.62. The van der Waals surface area contributed by atoms with Crippen LogP contribution < -0.4 is 10.1 Å². The lowest BCUT2D eigenvalue weighted by atomic mass is 10.1. The molecule has 0 amide bonds. The van der Waals surface area contributed by atoms with Crippen LogP contribution in [0.2, 0.25) is 0 Å². The van der Waals surface area contributed by atoms with Gasteiger partial charge in [0.25, 0.3) is 0 Å². The van der Waals surface area contributed by atoms with E-state index in [1.807, 2.05) is 25.1 Å². The first-order valence-electron chi connectivity index (χ1n) is 5.05. The minimum absolute atomic E-state index is 0.293. The minimum atomic E-state index is 0.293. The summed E-state index contributed by atoms with van der Waals surface area (Å²) in [4.78, 5) is 0. The Hall–Kier alpha value is -1.46. The quantitative estimate of drug-likeness (QED) is 0.758. The SMILES string of the molecule is CC#CCN[C@@H](C)c1cccc(OC)c1. The maximum Gasteiger partial charge on any atom is 0.119 e. The molecule has 0 spiro atoms. The Kier molecular flexibility index (Phi) is 4.73. The molecule has 0 aromatic heterocycles. The van der Waals surface area contributed by atoms with Crippen molar-refractivity contribution in [1.82, 2.24) is 5.32 Å². The van der Waals surface area contributed by atoms with Crippen LogP contribution in [0, 0.1) is 11.8 Å². The van der Waals surface area contributed by atoms with Crippen LogP contribution in [-0.4, -0.2) is 13.7 Å². The Labute approximate surface area is 91.6 Å². The smallest absolute Gasteiger partial charge is 0.119 e. The molecule has 0 heterocycles. The maximum atomic E-state index is 5.17. The average molecular weight is 203 g/mol. The third-order valence-electron chi connectivity index (χ3n) is 2.27. The Morgan fingerprint density at radius 2 is 2.27 bits per heavy atom.